The lowest BCUT2D eigenvalue weighted by Crippen LogP contribution is -2.15. The van der Waals surface area contributed by atoms with Crippen LogP contribution in [0.25, 0.3) is 0 Å². The summed E-state index contributed by atoms with van der Waals surface area (Å²) in [5.41, 5.74) is 0.709. The van der Waals surface area contributed by atoms with E-state index in [0.717, 1.165) is 0 Å². The lowest BCUT2D eigenvalue weighted by Gasteiger charge is -2.06. The van der Waals surface area contributed by atoms with Crippen LogP contribution in [0.5, 0.6) is 0 Å². The van der Waals surface area contributed by atoms with Crippen molar-refractivity contribution in [3.8, 4) is 0 Å². The topological polar surface area (TPSA) is 87.5 Å². The number of ether oxygens (including phenoxy) is 2. The number of aromatic nitrogens is 2. The van der Waals surface area contributed by atoms with E-state index in [0.29, 0.717) is 5.56 Å². The maximum absolute atomic E-state index is 12.2. The average molecular weight is 344 g/mol. The van der Waals surface area contributed by atoms with Gasteiger partial charge in [-0.05, 0) is 13.8 Å². The fraction of sp³-hybridized carbons (Fsp3) is 0.333. The van der Waals surface area contributed by atoms with E-state index in [-0.39, 0.29) is 43.4 Å². The van der Waals surface area contributed by atoms with Crippen LogP contribution in [-0.2, 0) is 16.0 Å². The summed E-state index contributed by atoms with van der Waals surface area (Å²) < 4.78 is 11.2. The Hall–Kier alpha value is -2.96. The van der Waals surface area contributed by atoms with E-state index in [2.05, 4.69) is 5.10 Å². The van der Waals surface area contributed by atoms with Gasteiger partial charge >= 0.3 is 11.9 Å². The highest BCUT2D eigenvalue weighted by atomic mass is 16.5. The molecule has 0 unspecified atom stereocenters. The number of hydrogen-bond donors (Lipinski definition) is 0. The highest BCUT2D eigenvalue weighted by molar-refractivity contribution is 5.96. The molecular weight excluding hydrogens is 324 g/mol. The summed E-state index contributed by atoms with van der Waals surface area (Å²) in [7, 11) is 0. The lowest BCUT2D eigenvalue weighted by atomic mass is 10.1. The van der Waals surface area contributed by atoms with Crippen LogP contribution in [0.3, 0.4) is 0 Å². The third-order valence-electron chi connectivity index (χ3n) is 3.40. The van der Waals surface area contributed by atoms with E-state index in [1.165, 1.54) is 10.7 Å². The van der Waals surface area contributed by atoms with Gasteiger partial charge < -0.3 is 9.47 Å². The van der Waals surface area contributed by atoms with Gasteiger partial charge in [0.1, 0.15) is 5.69 Å². The molecule has 0 radical (unpaired) electrons. The summed E-state index contributed by atoms with van der Waals surface area (Å²) in [6.45, 7) is 3.92. The summed E-state index contributed by atoms with van der Waals surface area (Å²) in [5, 5.41) is 4.09. The van der Waals surface area contributed by atoms with Gasteiger partial charge in [0.25, 0.3) is 0 Å². The molecule has 2 aromatic rings. The van der Waals surface area contributed by atoms with Gasteiger partial charge in [0.2, 0.25) is 0 Å². The number of benzene rings is 1. The molecule has 132 valence electrons. The van der Waals surface area contributed by atoms with Crippen molar-refractivity contribution in [3.05, 3.63) is 53.3 Å². The number of carbonyl (C=O) groups excluding carboxylic acids is 3. The summed E-state index contributed by atoms with van der Waals surface area (Å²) in [4.78, 5) is 36.1. The van der Waals surface area contributed by atoms with E-state index in [4.69, 9.17) is 9.47 Å². The Balaban J connectivity index is 2.18. The molecule has 0 aliphatic heterocycles. The molecule has 0 bridgehead atoms. The number of aryl methyl sites for hydroxylation is 1. The van der Waals surface area contributed by atoms with Crippen molar-refractivity contribution in [2.45, 2.75) is 26.8 Å². The first-order chi connectivity index (χ1) is 12.1. The Morgan fingerprint density at radius 1 is 1.00 bits per heavy atom. The van der Waals surface area contributed by atoms with E-state index >= 15 is 0 Å². The second kappa shape index (κ2) is 8.77. The third-order valence-corrected chi connectivity index (χ3v) is 3.40. The maximum atomic E-state index is 12.2. The predicted molar refractivity (Wildman–Crippen MR) is 89.5 cm³/mol. The standard InChI is InChI=1S/C18H20N2O5/c1-3-24-17(22)14-12-15(18(23)25-4-2)20(19-14)11-10-16(21)13-8-6-5-7-9-13/h5-9,12H,3-4,10-11H2,1-2H3. The molecule has 25 heavy (non-hydrogen) atoms. The Morgan fingerprint density at radius 3 is 2.28 bits per heavy atom. The van der Waals surface area contributed by atoms with E-state index < -0.39 is 11.9 Å². The van der Waals surface area contributed by atoms with Crippen LogP contribution in [-0.4, -0.2) is 40.7 Å². The molecule has 1 aromatic carbocycles. The fourth-order valence-electron chi connectivity index (χ4n) is 2.24. The highest BCUT2D eigenvalue weighted by Gasteiger charge is 2.21. The van der Waals surface area contributed by atoms with Crippen LogP contribution in [0.4, 0.5) is 0 Å². The number of nitrogens with zero attached hydrogens (tertiary/aromatic N) is 2. The number of hydrogen-bond acceptors (Lipinski definition) is 6. The summed E-state index contributed by atoms with van der Waals surface area (Å²) in [6.07, 6.45) is 0.139. The molecule has 0 fully saturated rings. The number of ketones is 1. The SMILES string of the molecule is CCOC(=O)c1cc(C(=O)OCC)n(CCC(=O)c2ccccc2)n1. The van der Waals surface area contributed by atoms with Crippen molar-refractivity contribution in [3.63, 3.8) is 0 Å². The number of esters is 2. The maximum Gasteiger partial charge on any atom is 0.358 e. The molecule has 2 rings (SSSR count). The van der Waals surface area contributed by atoms with E-state index in [1.54, 1.807) is 38.1 Å². The molecule has 0 spiro atoms. The molecule has 0 amide bonds. The molecule has 0 saturated carbocycles. The second-order valence-corrected chi connectivity index (χ2v) is 5.12. The Morgan fingerprint density at radius 2 is 1.64 bits per heavy atom. The molecule has 0 aliphatic rings. The van der Waals surface area contributed by atoms with Crippen molar-refractivity contribution in [1.29, 1.82) is 0 Å². The predicted octanol–water partition coefficient (Wildman–Crippen LogP) is 2.51. The monoisotopic (exact) mass is 344 g/mol. The summed E-state index contributed by atoms with van der Waals surface area (Å²) >= 11 is 0. The Kier molecular flexibility index (Phi) is 6.45. The average Bonchev–Trinajstić information content (AvgIpc) is 3.05. The van der Waals surface area contributed by atoms with Crippen molar-refractivity contribution >= 4 is 17.7 Å². The molecule has 0 N–H and O–H groups in total. The van der Waals surface area contributed by atoms with Crippen molar-refractivity contribution in [2.75, 3.05) is 13.2 Å². The highest BCUT2D eigenvalue weighted by Crippen LogP contribution is 2.11. The van der Waals surface area contributed by atoms with Crippen LogP contribution >= 0.6 is 0 Å². The van der Waals surface area contributed by atoms with Gasteiger partial charge in [-0.25, -0.2) is 9.59 Å². The zero-order valence-corrected chi connectivity index (χ0v) is 14.2. The van der Waals surface area contributed by atoms with Gasteiger partial charge in [0.15, 0.2) is 11.5 Å². The molecule has 1 aromatic heterocycles. The normalized spacial score (nSPS) is 10.3. The Labute approximate surface area is 145 Å². The summed E-state index contributed by atoms with van der Waals surface area (Å²) in [6, 6.07) is 10.2. The molecule has 7 heteroatoms. The quantitative estimate of drug-likeness (QED) is 0.540. The largest absolute Gasteiger partial charge is 0.461 e. The first-order valence-corrected chi connectivity index (χ1v) is 8.07. The molecule has 0 aliphatic carbocycles. The minimum atomic E-state index is -0.624. The third kappa shape index (κ3) is 4.76. The first kappa shape index (κ1) is 18.4. The molecule has 1 heterocycles. The molecule has 7 nitrogen and oxygen atoms in total. The van der Waals surface area contributed by atoms with Crippen molar-refractivity contribution in [2.24, 2.45) is 0 Å². The van der Waals surface area contributed by atoms with Gasteiger partial charge in [0, 0.05) is 24.6 Å². The van der Waals surface area contributed by atoms with E-state index in [1.807, 2.05) is 6.07 Å². The Bertz CT molecular complexity index is 752. The van der Waals surface area contributed by atoms with Gasteiger partial charge in [-0.2, -0.15) is 5.10 Å². The number of carbonyl (C=O) groups is 3. The second-order valence-electron chi connectivity index (χ2n) is 5.12. The first-order valence-electron chi connectivity index (χ1n) is 8.07. The van der Waals surface area contributed by atoms with Crippen molar-refractivity contribution < 1.29 is 23.9 Å². The number of rotatable bonds is 8. The molecular formula is C18H20N2O5. The van der Waals surface area contributed by atoms with Crippen LogP contribution < -0.4 is 0 Å². The van der Waals surface area contributed by atoms with Crippen LogP contribution in [0.2, 0.25) is 0 Å². The molecule has 0 atom stereocenters. The van der Waals surface area contributed by atoms with Gasteiger partial charge in [-0.15, -0.1) is 0 Å². The van der Waals surface area contributed by atoms with Crippen LogP contribution in [0.15, 0.2) is 36.4 Å². The van der Waals surface area contributed by atoms with Gasteiger partial charge in [0.05, 0.1) is 13.2 Å². The zero-order chi connectivity index (χ0) is 18.2. The van der Waals surface area contributed by atoms with Gasteiger partial charge in [-0.1, -0.05) is 30.3 Å². The minimum Gasteiger partial charge on any atom is -0.461 e. The van der Waals surface area contributed by atoms with Crippen molar-refractivity contribution in [1.82, 2.24) is 9.78 Å². The zero-order valence-electron chi connectivity index (χ0n) is 14.2. The minimum absolute atomic E-state index is 0.0112. The lowest BCUT2D eigenvalue weighted by molar-refractivity contribution is 0.0505. The van der Waals surface area contributed by atoms with Crippen LogP contribution in [0, 0.1) is 0 Å². The van der Waals surface area contributed by atoms with E-state index in [9.17, 15) is 14.4 Å². The smallest absolute Gasteiger partial charge is 0.358 e. The van der Waals surface area contributed by atoms with Gasteiger partial charge in [-0.3, -0.25) is 9.48 Å². The number of Topliss-reactive ketones (excluding diaryl/α,β-unsaturated/α-hetero) is 1. The van der Waals surface area contributed by atoms with Crippen LogP contribution in [0.1, 0.15) is 51.6 Å². The summed E-state index contributed by atoms with van der Waals surface area (Å²) in [5.74, 6) is -1.30. The fourth-order valence-corrected chi connectivity index (χ4v) is 2.24. The molecule has 0 saturated heterocycles.